The summed E-state index contributed by atoms with van der Waals surface area (Å²) < 4.78 is 0. The first-order valence-electron chi connectivity index (χ1n) is 11.5. The van der Waals surface area contributed by atoms with Crippen LogP contribution in [0, 0.1) is 13.8 Å². The Morgan fingerprint density at radius 3 is 2.25 bits per heavy atom. The number of benzene rings is 3. The van der Waals surface area contributed by atoms with Crippen LogP contribution in [0.4, 0.5) is 5.69 Å². The molecule has 1 N–H and O–H groups in total. The molecule has 1 heterocycles. The van der Waals surface area contributed by atoms with Crippen LogP contribution in [-0.4, -0.2) is 37.0 Å². The summed E-state index contributed by atoms with van der Waals surface area (Å²) in [5.74, 6) is -0.0324. The van der Waals surface area contributed by atoms with Crippen molar-refractivity contribution >= 4 is 11.6 Å². The van der Waals surface area contributed by atoms with Crippen molar-refractivity contribution in [3.8, 4) is 0 Å². The van der Waals surface area contributed by atoms with Crippen LogP contribution in [0.1, 0.15) is 45.6 Å². The summed E-state index contributed by atoms with van der Waals surface area (Å²) in [4.78, 5) is 17.6. The molecule has 1 amide bonds. The number of anilines is 1. The summed E-state index contributed by atoms with van der Waals surface area (Å²) in [6.07, 6.45) is 0. The Balaban J connectivity index is 1.29. The molecule has 32 heavy (non-hydrogen) atoms. The smallest absolute Gasteiger partial charge is 0.251 e. The number of nitrogens with one attached hydrogen (secondary N) is 1. The number of hydrogen-bond donors (Lipinski definition) is 1. The molecule has 3 aromatic carbocycles. The third-order valence-electron chi connectivity index (χ3n) is 6.56. The normalized spacial score (nSPS) is 15.4. The number of nitrogens with zero attached hydrogens (tertiary/aromatic N) is 2. The van der Waals surface area contributed by atoms with Crippen LogP contribution in [0.15, 0.2) is 72.8 Å². The second kappa shape index (κ2) is 10.0. The minimum atomic E-state index is -0.0324. The van der Waals surface area contributed by atoms with Gasteiger partial charge in [-0.2, -0.15) is 0 Å². The highest BCUT2D eigenvalue weighted by Crippen LogP contribution is 2.24. The lowest BCUT2D eigenvalue weighted by atomic mass is 10.1. The molecule has 0 aliphatic carbocycles. The molecule has 1 aliphatic heterocycles. The highest BCUT2D eigenvalue weighted by atomic mass is 16.1. The number of carbonyl (C=O) groups is 1. The lowest BCUT2D eigenvalue weighted by Gasteiger charge is -2.37. The maximum Gasteiger partial charge on any atom is 0.251 e. The van der Waals surface area contributed by atoms with Crippen molar-refractivity contribution in [1.29, 1.82) is 0 Å². The fourth-order valence-electron chi connectivity index (χ4n) is 4.35. The first-order valence-corrected chi connectivity index (χ1v) is 11.5. The zero-order valence-corrected chi connectivity index (χ0v) is 19.3. The molecule has 0 radical (unpaired) electrons. The minimum absolute atomic E-state index is 0.0169. The Bertz CT molecular complexity index is 1040. The van der Waals surface area contributed by atoms with Gasteiger partial charge in [0.25, 0.3) is 5.91 Å². The van der Waals surface area contributed by atoms with Crippen molar-refractivity contribution in [2.45, 2.75) is 33.4 Å². The number of aryl methyl sites for hydroxylation is 1. The number of carbonyl (C=O) groups excluding carboxylic acids is 1. The molecule has 0 unspecified atom stereocenters. The average molecular weight is 428 g/mol. The van der Waals surface area contributed by atoms with E-state index in [-0.39, 0.29) is 11.9 Å². The largest absolute Gasteiger partial charge is 0.369 e. The van der Waals surface area contributed by atoms with Gasteiger partial charge >= 0.3 is 0 Å². The third-order valence-corrected chi connectivity index (χ3v) is 6.56. The Morgan fingerprint density at radius 2 is 1.56 bits per heavy atom. The van der Waals surface area contributed by atoms with E-state index in [1.165, 1.54) is 22.4 Å². The number of amides is 1. The molecule has 0 aromatic heterocycles. The number of piperazine rings is 1. The zero-order valence-electron chi connectivity index (χ0n) is 19.3. The maximum atomic E-state index is 12.6. The van der Waals surface area contributed by atoms with Gasteiger partial charge in [-0.1, -0.05) is 54.6 Å². The Kier molecular flexibility index (Phi) is 6.91. The van der Waals surface area contributed by atoms with Crippen LogP contribution in [-0.2, 0) is 6.54 Å². The molecule has 0 bridgehead atoms. The van der Waals surface area contributed by atoms with Gasteiger partial charge in [0.05, 0.1) is 6.04 Å². The fourth-order valence-corrected chi connectivity index (χ4v) is 4.35. The van der Waals surface area contributed by atoms with Crippen molar-refractivity contribution in [3.05, 3.63) is 101 Å². The monoisotopic (exact) mass is 427 g/mol. The SMILES string of the molecule is Cc1cccc(N2CCN(Cc3ccc(C(=O)N[C@@H](C)c4ccccc4)cc3)CC2)c1C. The molecule has 4 rings (SSSR count). The quantitative estimate of drug-likeness (QED) is 0.593. The first-order chi connectivity index (χ1) is 15.5. The molecular weight excluding hydrogens is 394 g/mol. The van der Waals surface area contributed by atoms with E-state index in [4.69, 9.17) is 0 Å². The molecule has 3 aromatic rings. The van der Waals surface area contributed by atoms with E-state index in [1.54, 1.807) is 0 Å². The van der Waals surface area contributed by atoms with E-state index in [9.17, 15) is 4.79 Å². The number of rotatable bonds is 6. The summed E-state index contributed by atoms with van der Waals surface area (Å²) in [5.41, 5.74) is 7.17. The lowest BCUT2D eigenvalue weighted by molar-refractivity contribution is 0.0940. The topological polar surface area (TPSA) is 35.6 Å². The first kappa shape index (κ1) is 22.1. The summed E-state index contributed by atoms with van der Waals surface area (Å²) in [5, 5.41) is 3.09. The molecule has 1 saturated heterocycles. The van der Waals surface area contributed by atoms with Crippen LogP contribution in [0.25, 0.3) is 0 Å². The van der Waals surface area contributed by atoms with Gasteiger partial charge in [-0.05, 0) is 61.2 Å². The van der Waals surface area contributed by atoms with E-state index in [0.29, 0.717) is 5.56 Å². The van der Waals surface area contributed by atoms with Gasteiger partial charge in [0.15, 0.2) is 0 Å². The molecule has 4 nitrogen and oxygen atoms in total. The van der Waals surface area contributed by atoms with E-state index >= 15 is 0 Å². The Hall–Kier alpha value is -3.11. The second-order valence-electron chi connectivity index (χ2n) is 8.78. The molecule has 166 valence electrons. The van der Waals surface area contributed by atoms with Gasteiger partial charge in [-0.15, -0.1) is 0 Å². The van der Waals surface area contributed by atoms with Crippen molar-refractivity contribution < 1.29 is 4.79 Å². The highest BCUT2D eigenvalue weighted by Gasteiger charge is 2.19. The van der Waals surface area contributed by atoms with E-state index < -0.39 is 0 Å². The maximum absolute atomic E-state index is 12.6. The average Bonchev–Trinajstić information content (AvgIpc) is 2.82. The van der Waals surface area contributed by atoms with Crippen LogP contribution in [0.3, 0.4) is 0 Å². The summed E-state index contributed by atoms with van der Waals surface area (Å²) in [6, 6.07) is 24.6. The lowest BCUT2D eigenvalue weighted by Crippen LogP contribution is -2.46. The van der Waals surface area contributed by atoms with Crippen molar-refractivity contribution in [2.75, 3.05) is 31.1 Å². The van der Waals surface area contributed by atoms with Crippen LogP contribution < -0.4 is 10.2 Å². The van der Waals surface area contributed by atoms with Crippen LogP contribution in [0.5, 0.6) is 0 Å². The van der Waals surface area contributed by atoms with Gasteiger partial charge in [-0.25, -0.2) is 0 Å². The molecular formula is C28H33N3O. The molecule has 0 saturated carbocycles. The minimum Gasteiger partial charge on any atom is -0.369 e. The summed E-state index contributed by atoms with van der Waals surface area (Å²) >= 11 is 0. The highest BCUT2D eigenvalue weighted by molar-refractivity contribution is 5.94. The van der Waals surface area contributed by atoms with E-state index in [2.05, 4.69) is 59.3 Å². The standard InChI is InChI=1S/C28H33N3O/c1-21-8-7-11-27(22(21)2)31-18-16-30(17-19-31)20-24-12-14-26(15-13-24)28(32)29-23(3)25-9-5-4-6-10-25/h4-15,23H,16-20H2,1-3H3,(H,29,32)/t23-/m0/s1. The molecule has 1 aliphatic rings. The van der Waals surface area contributed by atoms with E-state index in [1.807, 2.05) is 49.4 Å². The summed E-state index contributed by atoms with van der Waals surface area (Å²) in [6.45, 7) is 11.5. The number of hydrogen-bond acceptors (Lipinski definition) is 3. The van der Waals surface area contributed by atoms with Gasteiger partial charge in [0, 0.05) is 44.0 Å². The molecule has 1 fully saturated rings. The summed E-state index contributed by atoms with van der Waals surface area (Å²) in [7, 11) is 0. The van der Waals surface area contributed by atoms with Crippen molar-refractivity contribution in [2.24, 2.45) is 0 Å². The van der Waals surface area contributed by atoms with Gasteiger partial charge < -0.3 is 10.2 Å². The van der Waals surface area contributed by atoms with Crippen molar-refractivity contribution in [3.63, 3.8) is 0 Å². The molecule has 1 atom stereocenters. The zero-order chi connectivity index (χ0) is 22.5. The predicted octanol–water partition coefficient (Wildman–Crippen LogP) is 5.12. The fraction of sp³-hybridized carbons (Fsp3) is 0.321. The van der Waals surface area contributed by atoms with Crippen LogP contribution in [0.2, 0.25) is 0 Å². The van der Waals surface area contributed by atoms with Gasteiger partial charge in [0.1, 0.15) is 0 Å². The Labute approximate surface area is 191 Å². The van der Waals surface area contributed by atoms with Gasteiger partial charge in [0.2, 0.25) is 0 Å². The molecule has 4 heteroatoms. The third kappa shape index (κ3) is 5.20. The Morgan fingerprint density at radius 1 is 0.875 bits per heavy atom. The van der Waals surface area contributed by atoms with Crippen LogP contribution >= 0.6 is 0 Å². The van der Waals surface area contributed by atoms with Gasteiger partial charge in [-0.3, -0.25) is 9.69 Å². The van der Waals surface area contributed by atoms with Crippen molar-refractivity contribution in [1.82, 2.24) is 10.2 Å². The molecule has 0 spiro atoms. The second-order valence-corrected chi connectivity index (χ2v) is 8.78. The predicted molar refractivity (Wildman–Crippen MR) is 132 cm³/mol. The van der Waals surface area contributed by atoms with E-state index in [0.717, 1.165) is 38.3 Å².